The Kier molecular flexibility index (Phi) is 8.05. The number of fused-ring (bicyclic) bond motifs is 10. The Morgan fingerprint density at radius 1 is 0.424 bits per heavy atom. The maximum Gasteiger partial charge on any atom is 0.342 e. The lowest BCUT2D eigenvalue weighted by Gasteiger charge is -2.41. The molecular formula is C59H47BN2O4. The van der Waals surface area contributed by atoms with Crippen LogP contribution in [0.15, 0.2) is 175 Å². The first-order chi connectivity index (χ1) is 31.9. The van der Waals surface area contributed by atoms with Gasteiger partial charge in [0.15, 0.2) is 0 Å². The van der Waals surface area contributed by atoms with Crippen molar-refractivity contribution in [2.24, 2.45) is 0 Å². The summed E-state index contributed by atoms with van der Waals surface area (Å²) in [6.07, 6.45) is 0. The van der Waals surface area contributed by atoms with Gasteiger partial charge in [0.2, 0.25) is 0 Å². The SMILES string of the molecule is Cc1cc2c3c(c1)N(c1cccc(-c4cc5ccccc5o4)c1)c1c(oc4ccc(C(C)(C)C)cc14)B3c1oc3ccc(C(C)(C)C)cc3c1N2c1cccc(-c2cc3ccccc3o2)c1. The quantitative estimate of drug-likeness (QED) is 0.164. The van der Waals surface area contributed by atoms with Crippen LogP contribution in [0, 0.1) is 6.92 Å². The molecule has 2 aliphatic rings. The molecule has 0 unspecified atom stereocenters. The summed E-state index contributed by atoms with van der Waals surface area (Å²) in [6, 6.07) is 56.2. The highest BCUT2D eigenvalue weighted by Gasteiger charge is 2.50. The van der Waals surface area contributed by atoms with Crippen LogP contribution in [0.4, 0.5) is 34.1 Å². The molecule has 11 aromatic rings. The second-order valence-electron chi connectivity index (χ2n) is 20.3. The highest BCUT2D eigenvalue weighted by Crippen LogP contribution is 2.50. The molecule has 6 heterocycles. The molecule has 7 heteroatoms. The zero-order valence-electron chi connectivity index (χ0n) is 38.1. The van der Waals surface area contributed by atoms with E-state index in [0.717, 1.165) is 123 Å². The first kappa shape index (κ1) is 38.8. The molecule has 0 aliphatic carbocycles. The lowest BCUT2D eigenvalue weighted by atomic mass is 9.37. The third-order valence-electron chi connectivity index (χ3n) is 13.8. The van der Waals surface area contributed by atoms with Crippen LogP contribution in [0.1, 0.15) is 58.2 Å². The van der Waals surface area contributed by atoms with Crippen LogP contribution in [-0.2, 0) is 10.8 Å². The molecule has 0 amide bonds. The first-order valence-electron chi connectivity index (χ1n) is 22.9. The van der Waals surface area contributed by atoms with Crippen molar-refractivity contribution in [2.45, 2.75) is 59.3 Å². The highest BCUT2D eigenvalue weighted by atomic mass is 16.4. The lowest BCUT2D eigenvalue weighted by Crippen LogP contribution is -2.60. The van der Waals surface area contributed by atoms with Crippen molar-refractivity contribution in [2.75, 3.05) is 9.80 Å². The minimum absolute atomic E-state index is 0.0837. The van der Waals surface area contributed by atoms with Gasteiger partial charge in [-0.05, 0) is 125 Å². The molecule has 7 aromatic carbocycles. The molecule has 66 heavy (non-hydrogen) atoms. The van der Waals surface area contributed by atoms with Crippen LogP contribution in [-0.4, -0.2) is 6.71 Å². The summed E-state index contributed by atoms with van der Waals surface area (Å²) in [5.74, 6) is 1.65. The number of aryl methyl sites for hydroxylation is 1. The Hall–Kier alpha value is -7.64. The number of para-hydroxylation sites is 2. The largest absolute Gasteiger partial charge is 0.468 e. The van der Waals surface area contributed by atoms with E-state index in [4.69, 9.17) is 17.7 Å². The van der Waals surface area contributed by atoms with Gasteiger partial charge in [-0.3, -0.25) is 0 Å². The van der Waals surface area contributed by atoms with Crippen LogP contribution in [0.25, 0.3) is 66.5 Å². The van der Waals surface area contributed by atoms with Crippen molar-refractivity contribution in [1.29, 1.82) is 0 Å². The average molecular weight is 859 g/mol. The Balaban J connectivity index is 1.11. The minimum Gasteiger partial charge on any atom is -0.468 e. The molecule has 4 aromatic heterocycles. The van der Waals surface area contributed by atoms with Crippen LogP contribution >= 0.6 is 0 Å². The van der Waals surface area contributed by atoms with E-state index < -0.39 is 0 Å². The molecule has 320 valence electrons. The summed E-state index contributed by atoms with van der Waals surface area (Å²) in [6.45, 7) is 15.5. The number of rotatable bonds is 4. The summed E-state index contributed by atoms with van der Waals surface area (Å²) >= 11 is 0. The van der Waals surface area contributed by atoms with Crippen molar-refractivity contribution in [3.63, 3.8) is 0 Å². The van der Waals surface area contributed by atoms with E-state index in [1.165, 1.54) is 11.1 Å². The van der Waals surface area contributed by atoms with Crippen LogP contribution < -0.4 is 26.6 Å². The lowest BCUT2D eigenvalue weighted by molar-refractivity contribution is 0.590. The number of hydrogen-bond donors (Lipinski definition) is 0. The molecule has 0 N–H and O–H groups in total. The zero-order chi connectivity index (χ0) is 44.8. The summed E-state index contributed by atoms with van der Waals surface area (Å²) in [7, 11) is 0. The Labute approximate surface area is 383 Å². The molecule has 0 radical (unpaired) electrons. The second kappa shape index (κ2) is 13.7. The maximum atomic E-state index is 7.27. The topological polar surface area (TPSA) is 59.0 Å². The minimum atomic E-state index is -0.346. The van der Waals surface area contributed by atoms with Crippen LogP contribution in [0.2, 0.25) is 0 Å². The smallest absolute Gasteiger partial charge is 0.342 e. The first-order valence-corrected chi connectivity index (χ1v) is 22.9. The van der Waals surface area contributed by atoms with E-state index in [-0.39, 0.29) is 17.5 Å². The molecular weight excluding hydrogens is 811 g/mol. The number of hydrogen-bond acceptors (Lipinski definition) is 6. The number of benzene rings is 7. The number of nitrogens with zero attached hydrogens (tertiary/aromatic N) is 2. The van der Waals surface area contributed by atoms with Crippen molar-refractivity contribution in [3.05, 3.63) is 174 Å². The van der Waals surface area contributed by atoms with E-state index >= 15 is 0 Å². The second-order valence-corrected chi connectivity index (χ2v) is 20.3. The molecule has 0 spiro atoms. The molecule has 2 aliphatic heterocycles. The Morgan fingerprint density at radius 3 is 1.32 bits per heavy atom. The van der Waals surface area contributed by atoms with Gasteiger partial charge >= 0.3 is 6.71 Å². The Morgan fingerprint density at radius 2 is 0.879 bits per heavy atom. The van der Waals surface area contributed by atoms with Gasteiger partial charge in [0.1, 0.15) is 45.2 Å². The van der Waals surface area contributed by atoms with Crippen molar-refractivity contribution >= 4 is 101 Å². The van der Waals surface area contributed by atoms with E-state index in [9.17, 15) is 0 Å². The fraction of sp³-hybridized carbons (Fsp3) is 0.153. The van der Waals surface area contributed by atoms with Gasteiger partial charge in [0.25, 0.3) is 0 Å². The van der Waals surface area contributed by atoms with Crippen molar-refractivity contribution in [3.8, 4) is 22.6 Å². The molecule has 0 saturated heterocycles. The molecule has 0 saturated carbocycles. The Bertz CT molecular complexity index is 3480. The predicted molar refractivity (Wildman–Crippen MR) is 273 cm³/mol. The third-order valence-corrected chi connectivity index (χ3v) is 13.8. The van der Waals surface area contributed by atoms with Crippen molar-refractivity contribution < 1.29 is 17.7 Å². The summed E-state index contributed by atoms with van der Waals surface area (Å²) in [5.41, 5.74) is 17.9. The van der Waals surface area contributed by atoms with Gasteiger partial charge in [-0.15, -0.1) is 0 Å². The molecule has 0 atom stereocenters. The standard InChI is InChI=1S/C59H47BN2O4/c1-34-26-45-53-46(27-34)62(42-19-13-17-36(29-42)52-31-38-15-9-11-21-48(38)64-52)55-44-33-40(59(5,6)7)23-25-50(44)66-57(55)60(53)56-54(43-32-39(58(2,3)4)22-24-49(43)65-56)61(45)41-18-12-16-35(28-41)51-30-37-14-8-10-20-47(37)63-51/h8-33H,1-7H3. The van der Waals surface area contributed by atoms with E-state index in [1.54, 1.807) is 0 Å². The maximum absolute atomic E-state index is 7.27. The van der Waals surface area contributed by atoms with Crippen LogP contribution in [0.3, 0.4) is 0 Å². The fourth-order valence-electron chi connectivity index (χ4n) is 10.4. The van der Waals surface area contributed by atoms with E-state index in [2.05, 4.69) is 192 Å². The van der Waals surface area contributed by atoms with Crippen molar-refractivity contribution in [1.82, 2.24) is 0 Å². The van der Waals surface area contributed by atoms with E-state index in [0.29, 0.717) is 0 Å². The number of furan rings is 4. The van der Waals surface area contributed by atoms with Gasteiger partial charge in [0.05, 0.1) is 11.4 Å². The highest BCUT2D eigenvalue weighted by molar-refractivity contribution is 6.99. The fourth-order valence-corrected chi connectivity index (χ4v) is 10.4. The predicted octanol–water partition coefficient (Wildman–Crippen LogP) is 15.0. The number of anilines is 6. The molecule has 0 fully saturated rings. The summed E-state index contributed by atoms with van der Waals surface area (Å²) < 4.78 is 27.5. The van der Waals surface area contributed by atoms with Gasteiger partial charge < -0.3 is 27.5 Å². The molecule has 6 nitrogen and oxygen atoms in total. The summed E-state index contributed by atoms with van der Waals surface area (Å²) in [5, 5.41) is 4.28. The normalized spacial score (nSPS) is 13.6. The molecule has 13 rings (SSSR count). The van der Waals surface area contributed by atoms with Crippen LogP contribution in [0.5, 0.6) is 0 Å². The van der Waals surface area contributed by atoms with Gasteiger partial charge in [-0.2, -0.15) is 0 Å². The summed E-state index contributed by atoms with van der Waals surface area (Å²) in [4.78, 5) is 4.85. The third kappa shape index (κ3) is 5.82. The zero-order valence-corrected chi connectivity index (χ0v) is 38.1. The average Bonchev–Trinajstić information content (AvgIpc) is 4.11. The van der Waals surface area contributed by atoms with Gasteiger partial charge in [-0.1, -0.05) is 114 Å². The monoisotopic (exact) mass is 858 g/mol. The van der Waals surface area contributed by atoms with Gasteiger partial charge in [-0.25, -0.2) is 0 Å². The van der Waals surface area contributed by atoms with E-state index in [1.807, 2.05) is 24.3 Å². The van der Waals surface area contributed by atoms with Gasteiger partial charge in [0, 0.05) is 55.4 Å². The molecule has 0 bridgehead atoms.